The van der Waals surface area contributed by atoms with Crippen molar-refractivity contribution in [3.05, 3.63) is 35.9 Å². The third-order valence-corrected chi connectivity index (χ3v) is 5.77. The highest BCUT2D eigenvalue weighted by Crippen LogP contribution is 2.37. The molecule has 164 valence electrons. The van der Waals surface area contributed by atoms with Gasteiger partial charge in [-0.05, 0) is 24.3 Å². The zero-order valence-corrected chi connectivity index (χ0v) is 18.4. The summed E-state index contributed by atoms with van der Waals surface area (Å²) >= 11 is 0. The average Bonchev–Trinajstić information content (AvgIpc) is 2.94. The summed E-state index contributed by atoms with van der Waals surface area (Å²) in [4.78, 5) is 14.2. The Morgan fingerprint density at radius 2 is 1.72 bits per heavy atom. The Balaban J connectivity index is 2.18. The first-order chi connectivity index (χ1) is 13.4. The molecular formula is C18H27NO8S2. The van der Waals surface area contributed by atoms with Gasteiger partial charge in [-0.1, -0.05) is 37.3 Å². The second kappa shape index (κ2) is 9.41. The molecule has 1 fully saturated rings. The first-order valence-electron chi connectivity index (χ1n) is 9.07. The van der Waals surface area contributed by atoms with Gasteiger partial charge in [0.05, 0.1) is 31.3 Å². The fourth-order valence-electron chi connectivity index (χ4n) is 3.44. The molecule has 0 spiro atoms. The van der Waals surface area contributed by atoms with Crippen LogP contribution < -0.4 is 0 Å². The number of ether oxygens (including phenoxy) is 1. The van der Waals surface area contributed by atoms with Crippen LogP contribution in [0.5, 0.6) is 0 Å². The first-order valence-corrected chi connectivity index (χ1v) is 12.7. The van der Waals surface area contributed by atoms with E-state index in [2.05, 4.69) is 0 Å². The minimum Gasteiger partial charge on any atom is -0.445 e. The molecule has 1 aliphatic rings. The first kappa shape index (κ1) is 23.6. The van der Waals surface area contributed by atoms with E-state index in [0.29, 0.717) is 13.0 Å². The monoisotopic (exact) mass is 449 g/mol. The van der Waals surface area contributed by atoms with Crippen LogP contribution in [0.3, 0.4) is 0 Å². The van der Waals surface area contributed by atoms with Gasteiger partial charge in [0.25, 0.3) is 20.2 Å². The van der Waals surface area contributed by atoms with Crippen molar-refractivity contribution >= 4 is 26.3 Å². The summed E-state index contributed by atoms with van der Waals surface area (Å²) in [6.07, 6.45) is 1.74. The zero-order chi connectivity index (χ0) is 21.7. The molecule has 1 amide bonds. The van der Waals surface area contributed by atoms with Crippen LogP contribution in [0.4, 0.5) is 4.79 Å². The second-order valence-electron chi connectivity index (χ2n) is 7.43. The minimum absolute atomic E-state index is 0.0423. The maximum atomic E-state index is 12.8. The topological polar surface area (TPSA) is 116 Å². The summed E-state index contributed by atoms with van der Waals surface area (Å²) < 4.78 is 61.0. The molecule has 1 aromatic carbocycles. The van der Waals surface area contributed by atoms with E-state index in [1.165, 1.54) is 4.90 Å². The van der Waals surface area contributed by atoms with Crippen molar-refractivity contribution in [2.24, 2.45) is 5.92 Å². The molecule has 0 aromatic heterocycles. The summed E-state index contributed by atoms with van der Waals surface area (Å²) in [5, 5.41) is 0. The summed E-state index contributed by atoms with van der Waals surface area (Å²) in [6, 6.07) is 9.14. The second-order valence-corrected chi connectivity index (χ2v) is 10.7. The van der Waals surface area contributed by atoms with E-state index in [1.54, 1.807) is 0 Å². The molecule has 1 heterocycles. The van der Waals surface area contributed by atoms with E-state index in [0.717, 1.165) is 18.1 Å². The van der Waals surface area contributed by atoms with Gasteiger partial charge in [-0.2, -0.15) is 16.8 Å². The fraction of sp³-hybridized carbons (Fsp3) is 0.611. The van der Waals surface area contributed by atoms with E-state index < -0.39 is 31.9 Å². The van der Waals surface area contributed by atoms with Crippen molar-refractivity contribution < 1.29 is 34.7 Å². The Labute approximate surface area is 172 Å². The number of nitrogens with zero attached hydrogens (tertiary/aromatic N) is 1. The maximum absolute atomic E-state index is 12.8. The molecule has 9 nitrogen and oxygen atoms in total. The van der Waals surface area contributed by atoms with Crippen LogP contribution in [0.2, 0.25) is 0 Å². The highest BCUT2D eigenvalue weighted by Gasteiger charge is 2.48. The molecule has 2 atom stereocenters. The van der Waals surface area contributed by atoms with Gasteiger partial charge in [-0.15, -0.1) is 0 Å². The molecule has 0 radical (unpaired) electrons. The number of carbonyl (C=O) groups excluding carboxylic acids is 1. The highest BCUT2D eigenvalue weighted by atomic mass is 32.2. The predicted molar refractivity (Wildman–Crippen MR) is 106 cm³/mol. The molecule has 1 aliphatic heterocycles. The number of benzene rings is 1. The van der Waals surface area contributed by atoms with Gasteiger partial charge < -0.3 is 4.74 Å². The smallest absolute Gasteiger partial charge is 0.410 e. The molecule has 1 saturated heterocycles. The number of rotatable bonds is 9. The Hall–Kier alpha value is -1.69. The van der Waals surface area contributed by atoms with Crippen molar-refractivity contribution in [3.8, 4) is 0 Å². The fourth-order valence-corrected chi connectivity index (χ4v) is 4.26. The average molecular weight is 450 g/mol. The molecule has 1 aromatic rings. The highest BCUT2D eigenvalue weighted by molar-refractivity contribution is 7.86. The van der Waals surface area contributed by atoms with Gasteiger partial charge in [0.1, 0.15) is 6.61 Å². The molecule has 0 aliphatic carbocycles. The van der Waals surface area contributed by atoms with Crippen molar-refractivity contribution in [3.63, 3.8) is 0 Å². The lowest BCUT2D eigenvalue weighted by Crippen LogP contribution is -2.51. The normalized spacial score (nSPS) is 22.6. The summed E-state index contributed by atoms with van der Waals surface area (Å²) in [7, 11) is -7.44. The largest absolute Gasteiger partial charge is 0.445 e. The Kier molecular flexibility index (Phi) is 7.66. The van der Waals surface area contributed by atoms with Crippen LogP contribution in [-0.4, -0.2) is 65.6 Å². The molecule has 0 unspecified atom stereocenters. The lowest BCUT2D eigenvalue weighted by molar-refractivity contribution is 0.0343. The van der Waals surface area contributed by atoms with Crippen LogP contribution in [0.25, 0.3) is 0 Å². The molecule has 29 heavy (non-hydrogen) atoms. The number of carbonyl (C=O) groups is 1. The van der Waals surface area contributed by atoms with Crippen LogP contribution >= 0.6 is 0 Å². The predicted octanol–water partition coefficient (Wildman–Crippen LogP) is 1.75. The number of hydrogen-bond donors (Lipinski definition) is 0. The van der Waals surface area contributed by atoms with Crippen LogP contribution in [0, 0.1) is 5.92 Å². The van der Waals surface area contributed by atoms with Crippen LogP contribution in [0.15, 0.2) is 30.3 Å². The van der Waals surface area contributed by atoms with Crippen LogP contribution in [0.1, 0.15) is 25.3 Å². The van der Waals surface area contributed by atoms with E-state index in [4.69, 9.17) is 13.1 Å². The van der Waals surface area contributed by atoms with Crippen molar-refractivity contribution in [2.75, 3.05) is 32.3 Å². The standard InChI is InChI=1S/C18H27NO8S2/c1-15-11-18(14-27-29(3,23)24,9-10-26-28(2,21)22)19(12-15)17(20)25-13-16-7-5-4-6-8-16/h4-8,15H,9-14H2,1-3H3/t15-,18-/m1/s1. The molecule has 2 rings (SSSR count). The van der Waals surface area contributed by atoms with Gasteiger partial charge in [-0.25, -0.2) is 4.79 Å². The van der Waals surface area contributed by atoms with Gasteiger partial charge in [-0.3, -0.25) is 13.3 Å². The summed E-state index contributed by atoms with van der Waals surface area (Å²) in [5.41, 5.74) is -0.243. The third-order valence-electron chi connectivity index (χ3n) is 4.63. The molecule has 0 N–H and O–H groups in total. The van der Waals surface area contributed by atoms with Crippen molar-refractivity contribution in [1.29, 1.82) is 0 Å². The third kappa shape index (κ3) is 7.57. The van der Waals surface area contributed by atoms with E-state index in [9.17, 15) is 21.6 Å². The Bertz CT molecular complexity index is 901. The number of amides is 1. The summed E-state index contributed by atoms with van der Waals surface area (Å²) in [6.45, 7) is 1.80. The molecule has 0 bridgehead atoms. The molecule has 0 saturated carbocycles. The number of likely N-dealkylation sites (tertiary alicyclic amines) is 1. The van der Waals surface area contributed by atoms with E-state index in [1.807, 2.05) is 37.3 Å². The molecular weight excluding hydrogens is 422 g/mol. The van der Waals surface area contributed by atoms with Crippen molar-refractivity contribution in [1.82, 2.24) is 4.90 Å². The minimum atomic E-state index is -3.76. The van der Waals surface area contributed by atoms with Gasteiger partial charge >= 0.3 is 6.09 Å². The zero-order valence-electron chi connectivity index (χ0n) is 16.7. The maximum Gasteiger partial charge on any atom is 0.410 e. The Morgan fingerprint density at radius 3 is 2.31 bits per heavy atom. The van der Waals surface area contributed by atoms with Gasteiger partial charge in [0, 0.05) is 6.54 Å². The SMILES string of the molecule is C[C@H]1CN(C(=O)OCc2ccccc2)[C@@](CCOS(C)(=O)=O)(COS(C)(=O)=O)C1. The van der Waals surface area contributed by atoms with Crippen molar-refractivity contribution in [2.45, 2.75) is 31.9 Å². The summed E-state index contributed by atoms with van der Waals surface area (Å²) in [5.74, 6) is 0.0423. The van der Waals surface area contributed by atoms with E-state index >= 15 is 0 Å². The van der Waals surface area contributed by atoms with Gasteiger partial charge in [0.2, 0.25) is 0 Å². The number of hydrogen-bond acceptors (Lipinski definition) is 8. The van der Waals surface area contributed by atoms with E-state index in [-0.39, 0.29) is 32.2 Å². The Morgan fingerprint density at radius 1 is 1.10 bits per heavy atom. The lowest BCUT2D eigenvalue weighted by Gasteiger charge is -2.37. The molecule has 11 heteroatoms. The quantitative estimate of drug-likeness (QED) is 0.524. The lowest BCUT2D eigenvalue weighted by atomic mass is 9.90. The van der Waals surface area contributed by atoms with Gasteiger partial charge in [0.15, 0.2) is 0 Å². The van der Waals surface area contributed by atoms with Crippen LogP contribution in [-0.2, 0) is 39.9 Å².